The van der Waals surface area contributed by atoms with Crippen molar-refractivity contribution in [1.82, 2.24) is 10.1 Å². The minimum atomic E-state index is -0.437. The number of ether oxygens (including phenoxy) is 2. The number of nitrogens with zero attached hydrogens (tertiary/aromatic N) is 2. The molecule has 2 aromatic carbocycles. The molecule has 0 bridgehead atoms. The van der Waals surface area contributed by atoms with Crippen molar-refractivity contribution in [3.8, 4) is 17.1 Å². The Hall–Kier alpha value is -3.15. The van der Waals surface area contributed by atoms with Crippen LogP contribution in [0.15, 0.2) is 53.1 Å². The Morgan fingerprint density at radius 3 is 2.44 bits per heavy atom. The van der Waals surface area contributed by atoms with Crippen molar-refractivity contribution < 1.29 is 18.8 Å². The lowest BCUT2D eigenvalue weighted by molar-refractivity contribution is 0.0429. The molecule has 3 rings (SSSR count). The third-order valence-electron chi connectivity index (χ3n) is 4.13. The highest BCUT2D eigenvalue weighted by molar-refractivity contribution is 5.89. The van der Waals surface area contributed by atoms with E-state index in [1.54, 1.807) is 19.2 Å². The lowest BCUT2D eigenvalue weighted by atomic mass is 9.87. The molecule has 27 heavy (non-hydrogen) atoms. The summed E-state index contributed by atoms with van der Waals surface area (Å²) in [4.78, 5) is 16.5. The molecule has 3 aromatic rings. The number of hydrogen-bond donors (Lipinski definition) is 0. The lowest BCUT2D eigenvalue weighted by Gasteiger charge is -2.18. The quantitative estimate of drug-likeness (QED) is 0.623. The Morgan fingerprint density at radius 2 is 1.78 bits per heavy atom. The lowest BCUT2D eigenvalue weighted by Crippen LogP contribution is -2.12. The number of methoxy groups -OCH3 is 1. The second-order valence-electron chi connectivity index (χ2n) is 7.12. The monoisotopic (exact) mass is 366 g/mol. The summed E-state index contributed by atoms with van der Waals surface area (Å²) in [7, 11) is 1.58. The predicted octanol–water partition coefficient (Wildman–Crippen LogP) is 4.40. The predicted molar refractivity (Wildman–Crippen MR) is 101 cm³/mol. The van der Waals surface area contributed by atoms with Gasteiger partial charge in [0.2, 0.25) is 5.82 Å². The first-order valence-corrected chi connectivity index (χ1v) is 8.62. The molecule has 0 spiro atoms. The number of carbonyl (C=O) groups is 1. The van der Waals surface area contributed by atoms with E-state index in [4.69, 9.17) is 14.0 Å². The Morgan fingerprint density at radius 1 is 1.07 bits per heavy atom. The summed E-state index contributed by atoms with van der Waals surface area (Å²) in [5.74, 6) is 0.803. The Balaban J connectivity index is 1.65. The number of hydrogen-bond acceptors (Lipinski definition) is 6. The van der Waals surface area contributed by atoms with Gasteiger partial charge in [-0.2, -0.15) is 4.98 Å². The van der Waals surface area contributed by atoms with Crippen LogP contribution >= 0.6 is 0 Å². The highest BCUT2D eigenvalue weighted by atomic mass is 16.6. The number of para-hydroxylation sites is 1. The Kier molecular flexibility index (Phi) is 5.26. The summed E-state index contributed by atoms with van der Waals surface area (Å²) in [6.07, 6.45) is 0. The fourth-order valence-electron chi connectivity index (χ4n) is 2.57. The maximum absolute atomic E-state index is 12.2. The van der Waals surface area contributed by atoms with Gasteiger partial charge in [-0.05, 0) is 35.2 Å². The summed E-state index contributed by atoms with van der Waals surface area (Å²) in [5.41, 5.74) is 2.37. The van der Waals surface area contributed by atoms with Gasteiger partial charge in [0.05, 0.1) is 18.2 Å². The zero-order valence-corrected chi connectivity index (χ0v) is 15.9. The van der Waals surface area contributed by atoms with Crippen LogP contribution in [-0.4, -0.2) is 23.2 Å². The van der Waals surface area contributed by atoms with E-state index in [1.165, 1.54) is 0 Å². The fraction of sp³-hybridized carbons (Fsp3) is 0.286. The summed E-state index contributed by atoms with van der Waals surface area (Å²) in [6, 6.07) is 14.7. The van der Waals surface area contributed by atoms with Crippen molar-refractivity contribution in [1.29, 1.82) is 0 Å². The maximum Gasteiger partial charge on any atom is 0.338 e. The highest BCUT2D eigenvalue weighted by Gasteiger charge is 2.17. The zero-order chi connectivity index (χ0) is 19.4. The first-order valence-electron chi connectivity index (χ1n) is 8.62. The SMILES string of the molecule is COc1ccccc1-c1noc(COC(=O)c2ccc(C(C)(C)C)cc2)n1. The van der Waals surface area contributed by atoms with Gasteiger partial charge in [-0.3, -0.25) is 0 Å². The first kappa shape index (κ1) is 18.6. The van der Waals surface area contributed by atoms with Crippen molar-refractivity contribution in [3.05, 3.63) is 65.5 Å². The minimum absolute atomic E-state index is 0.0289. The summed E-state index contributed by atoms with van der Waals surface area (Å²) in [6.45, 7) is 6.27. The second-order valence-corrected chi connectivity index (χ2v) is 7.12. The van der Waals surface area contributed by atoms with E-state index < -0.39 is 5.97 Å². The molecular formula is C21H22N2O4. The van der Waals surface area contributed by atoms with Crippen molar-refractivity contribution in [3.63, 3.8) is 0 Å². The van der Waals surface area contributed by atoms with Crippen LogP contribution in [0.2, 0.25) is 0 Å². The molecule has 0 N–H and O–H groups in total. The number of aromatic nitrogens is 2. The number of benzene rings is 2. The van der Waals surface area contributed by atoms with E-state index in [0.29, 0.717) is 22.7 Å². The number of rotatable bonds is 5. The van der Waals surface area contributed by atoms with Crippen LogP contribution in [0.3, 0.4) is 0 Å². The van der Waals surface area contributed by atoms with E-state index in [9.17, 15) is 4.79 Å². The average molecular weight is 366 g/mol. The van der Waals surface area contributed by atoms with Crippen LogP contribution < -0.4 is 4.74 Å². The normalized spacial score (nSPS) is 11.3. The molecule has 140 valence electrons. The van der Waals surface area contributed by atoms with Crippen molar-refractivity contribution in [2.24, 2.45) is 0 Å². The van der Waals surface area contributed by atoms with Crippen LogP contribution in [0.4, 0.5) is 0 Å². The molecule has 0 fully saturated rings. The molecule has 1 heterocycles. The van der Waals surface area contributed by atoms with Crippen molar-refractivity contribution in [2.45, 2.75) is 32.8 Å². The summed E-state index contributed by atoms with van der Waals surface area (Å²) < 4.78 is 15.7. The molecule has 0 aliphatic heterocycles. The maximum atomic E-state index is 12.2. The zero-order valence-electron chi connectivity index (χ0n) is 15.9. The number of esters is 1. The molecule has 0 saturated heterocycles. The molecule has 6 heteroatoms. The third kappa shape index (κ3) is 4.34. The van der Waals surface area contributed by atoms with Gasteiger partial charge in [0.1, 0.15) is 5.75 Å². The largest absolute Gasteiger partial charge is 0.496 e. The summed E-state index contributed by atoms with van der Waals surface area (Å²) >= 11 is 0. The van der Waals surface area contributed by atoms with E-state index in [2.05, 4.69) is 30.9 Å². The van der Waals surface area contributed by atoms with Gasteiger partial charge in [0.15, 0.2) is 6.61 Å². The van der Waals surface area contributed by atoms with Crippen LogP contribution in [-0.2, 0) is 16.8 Å². The van der Waals surface area contributed by atoms with Crippen LogP contribution in [0, 0.1) is 0 Å². The van der Waals surface area contributed by atoms with Crippen LogP contribution in [0.25, 0.3) is 11.4 Å². The van der Waals surface area contributed by atoms with Gasteiger partial charge in [-0.1, -0.05) is 50.2 Å². The van der Waals surface area contributed by atoms with Crippen LogP contribution in [0.5, 0.6) is 5.75 Å². The Bertz CT molecular complexity index is 924. The third-order valence-corrected chi connectivity index (χ3v) is 4.13. The van der Waals surface area contributed by atoms with Gasteiger partial charge in [-0.25, -0.2) is 4.79 Å². The van der Waals surface area contributed by atoms with Gasteiger partial charge < -0.3 is 14.0 Å². The second kappa shape index (κ2) is 7.61. The molecule has 0 saturated carbocycles. The van der Waals surface area contributed by atoms with E-state index in [0.717, 1.165) is 5.56 Å². The van der Waals surface area contributed by atoms with Crippen LogP contribution in [0.1, 0.15) is 42.6 Å². The van der Waals surface area contributed by atoms with Gasteiger partial charge >= 0.3 is 5.97 Å². The van der Waals surface area contributed by atoms with E-state index in [-0.39, 0.29) is 17.9 Å². The molecule has 0 amide bonds. The first-order chi connectivity index (χ1) is 12.9. The highest BCUT2D eigenvalue weighted by Crippen LogP contribution is 2.27. The van der Waals surface area contributed by atoms with Gasteiger partial charge in [-0.15, -0.1) is 0 Å². The van der Waals surface area contributed by atoms with Crippen molar-refractivity contribution in [2.75, 3.05) is 7.11 Å². The number of carbonyl (C=O) groups excluding carboxylic acids is 1. The molecule has 6 nitrogen and oxygen atoms in total. The van der Waals surface area contributed by atoms with Gasteiger partial charge in [0, 0.05) is 0 Å². The molecule has 1 aromatic heterocycles. The molecule has 0 aliphatic rings. The van der Waals surface area contributed by atoms with Crippen molar-refractivity contribution >= 4 is 5.97 Å². The standard InChI is InChI=1S/C21H22N2O4/c1-21(2,3)15-11-9-14(10-12-15)20(24)26-13-18-22-19(23-27-18)16-7-5-6-8-17(16)25-4/h5-12H,13H2,1-4H3. The molecule has 0 unspecified atom stereocenters. The Labute approximate surface area is 158 Å². The average Bonchev–Trinajstić information content (AvgIpc) is 3.14. The molecule has 0 atom stereocenters. The van der Waals surface area contributed by atoms with E-state index in [1.807, 2.05) is 36.4 Å². The minimum Gasteiger partial charge on any atom is -0.496 e. The topological polar surface area (TPSA) is 74.5 Å². The fourth-order valence-corrected chi connectivity index (χ4v) is 2.57. The van der Waals surface area contributed by atoms with E-state index >= 15 is 0 Å². The molecule has 0 radical (unpaired) electrons. The summed E-state index contributed by atoms with van der Waals surface area (Å²) in [5, 5.41) is 3.93. The molecular weight excluding hydrogens is 344 g/mol. The van der Waals surface area contributed by atoms with Gasteiger partial charge in [0.25, 0.3) is 5.89 Å². The molecule has 0 aliphatic carbocycles. The smallest absolute Gasteiger partial charge is 0.338 e.